The minimum absolute atomic E-state index is 0.161. The van der Waals surface area contributed by atoms with E-state index in [4.69, 9.17) is 4.74 Å². The van der Waals surface area contributed by atoms with E-state index in [1.807, 2.05) is 12.3 Å². The van der Waals surface area contributed by atoms with Crippen LogP contribution >= 0.6 is 22.7 Å². The number of nitrogens with one attached hydrogen (secondary N) is 1. The molecule has 0 amide bonds. The van der Waals surface area contributed by atoms with Gasteiger partial charge in [0.15, 0.2) is 5.13 Å². The summed E-state index contributed by atoms with van der Waals surface area (Å²) < 4.78 is 4.91. The Hall–Kier alpha value is -1.40. The van der Waals surface area contributed by atoms with Crippen molar-refractivity contribution >= 4 is 33.8 Å². The number of carbonyl (C=O) groups is 1. The van der Waals surface area contributed by atoms with Crippen molar-refractivity contribution in [1.82, 2.24) is 4.98 Å². The molecule has 0 fully saturated rings. The molecule has 0 atom stereocenters. The van der Waals surface area contributed by atoms with Gasteiger partial charge in [0.05, 0.1) is 25.3 Å². The number of nitrogens with zero attached hydrogens (tertiary/aromatic N) is 1. The molecular formula is C15H20N2O2S2. The van der Waals surface area contributed by atoms with Gasteiger partial charge in [-0.3, -0.25) is 4.79 Å². The standard InChI is InChI=1S/C15H20N2O2S2/c1-3-11-7-8-20-13(11)9-16-15-17-12(10-21-15)5-6-14(18)19-4-2/h7-8,10H,3-6,9H2,1-2H3,(H,16,17). The van der Waals surface area contributed by atoms with E-state index >= 15 is 0 Å². The summed E-state index contributed by atoms with van der Waals surface area (Å²) >= 11 is 3.35. The van der Waals surface area contributed by atoms with Gasteiger partial charge < -0.3 is 10.1 Å². The average molecular weight is 324 g/mol. The first kappa shape index (κ1) is 16.0. The second-order valence-electron chi connectivity index (χ2n) is 4.53. The van der Waals surface area contributed by atoms with Crippen molar-refractivity contribution in [3.63, 3.8) is 0 Å². The summed E-state index contributed by atoms with van der Waals surface area (Å²) in [6.07, 6.45) is 2.08. The Labute approximate surface area is 133 Å². The maximum Gasteiger partial charge on any atom is 0.306 e. The fraction of sp³-hybridized carbons (Fsp3) is 0.467. The van der Waals surface area contributed by atoms with Crippen molar-refractivity contribution in [2.45, 2.75) is 39.7 Å². The lowest BCUT2D eigenvalue weighted by Crippen LogP contribution is -2.05. The Morgan fingerprint density at radius 1 is 1.38 bits per heavy atom. The summed E-state index contributed by atoms with van der Waals surface area (Å²) in [5, 5.41) is 8.39. The number of aryl methyl sites for hydroxylation is 2. The Bertz CT molecular complexity index is 578. The molecule has 2 aromatic rings. The molecule has 0 spiro atoms. The van der Waals surface area contributed by atoms with Crippen LogP contribution in [0, 0.1) is 0 Å². The Balaban J connectivity index is 1.81. The van der Waals surface area contributed by atoms with Gasteiger partial charge in [0.1, 0.15) is 0 Å². The van der Waals surface area contributed by atoms with Gasteiger partial charge in [-0.05, 0) is 30.4 Å². The zero-order valence-corrected chi connectivity index (χ0v) is 14.0. The maximum absolute atomic E-state index is 11.3. The van der Waals surface area contributed by atoms with E-state index in [0.717, 1.165) is 23.8 Å². The molecule has 0 radical (unpaired) electrons. The van der Waals surface area contributed by atoms with Crippen molar-refractivity contribution in [1.29, 1.82) is 0 Å². The minimum Gasteiger partial charge on any atom is -0.466 e. The Morgan fingerprint density at radius 3 is 3.00 bits per heavy atom. The van der Waals surface area contributed by atoms with E-state index in [-0.39, 0.29) is 5.97 Å². The highest BCUT2D eigenvalue weighted by Gasteiger charge is 2.07. The molecule has 0 bridgehead atoms. The first-order valence-electron chi connectivity index (χ1n) is 7.12. The SMILES string of the molecule is CCOC(=O)CCc1csc(NCc2sccc2CC)n1. The highest BCUT2D eigenvalue weighted by atomic mass is 32.1. The highest BCUT2D eigenvalue weighted by molar-refractivity contribution is 7.13. The number of aromatic nitrogens is 1. The van der Waals surface area contributed by atoms with E-state index < -0.39 is 0 Å². The van der Waals surface area contributed by atoms with Crippen molar-refractivity contribution < 1.29 is 9.53 Å². The molecule has 0 saturated heterocycles. The Kier molecular flexibility index (Phi) is 6.20. The molecule has 0 aliphatic rings. The number of thiophene rings is 1. The van der Waals surface area contributed by atoms with Crippen molar-refractivity contribution in [3.05, 3.63) is 33.0 Å². The van der Waals surface area contributed by atoms with Crippen LogP contribution in [0.1, 0.15) is 36.4 Å². The van der Waals surface area contributed by atoms with Crippen LogP contribution in [0.15, 0.2) is 16.8 Å². The molecule has 1 N–H and O–H groups in total. The monoisotopic (exact) mass is 324 g/mol. The van der Waals surface area contributed by atoms with Gasteiger partial charge in [-0.2, -0.15) is 0 Å². The van der Waals surface area contributed by atoms with Gasteiger partial charge >= 0.3 is 5.97 Å². The third kappa shape index (κ3) is 4.82. The van der Waals surface area contributed by atoms with Crippen molar-refractivity contribution in [2.24, 2.45) is 0 Å². The number of hydrogen-bond acceptors (Lipinski definition) is 6. The second-order valence-corrected chi connectivity index (χ2v) is 6.38. The number of rotatable bonds is 8. The zero-order valence-electron chi connectivity index (χ0n) is 12.3. The van der Waals surface area contributed by atoms with Crippen LogP contribution in [0.25, 0.3) is 0 Å². The summed E-state index contributed by atoms with van der Waals surface area (Å²) in [6, 6.07) is 2.17. The van der Waals surface area contributed by atoms with Crippen molar-refractivity contribution in [2.75, 3.05) is 11.9 Å². The molecule has 4 nitrogen and oxygen atoms in total. The van der Waals surface area contributed by atoms with E-state index in [1.54, 1.807) is 22.7 Å². The highest BCUT2D eigenvalue weighted by Crippen LogP contribution is 2.21. The van der Waals surface area contributed by atoms with Gasteiger partial charge in [0.25, 0.3) is 0 Å². The first-order valence-corrected chi connectivity index (χ1v) is 8.88. The van der Waals surface area contributed by atoms with Crippen LogP contribution in [-0.4, -0.2) is 17.6 Å². The molecule has 0 aliphatic carbocycles. The second kappa shape index (κ2) is 8.14. The maximum atomic E-state index is 11.3. The molecule has 0 unspecified atom stereocenters. The van der Waals surface area contributed by atoms with Gasteiger partial charge in [-0.1, -0.05) is 6.92 Å². The minimum atomic E-state index is -0.161. The predicted molar refractivity (Wildman–Crippen MR) is 88.1 cm³/mol. The fourth-order valence-corrected chi connectivity index (χ4v) is 3.62. The molecule has 2 aromatic heterocycles. The molecule has 0 aromatic carbocycles. The van der Waals surface area contributed by atoms with Gasteiger partial charge in [-0.25, -0.2) is 4.98 Å². The van der Waals surface area contributed by atoms with E-state index in [1.165, 1.54) is 10.4 Å². The number of esters is 1. The molecule has 2 heterocycles. The quantitative estimate of drug-likeness (QED) is 0.749. The molecule has 6 heteroatoms. The normalized spacial score (nSPS) is 10.6. The van der Waals surface area contributed by atoms with Crippen LogP contribution in [0.5, 0.6) is 0 Å². The summed E-state index contributed by atoms with van der Waals surface area (Å²) in [5.41, 5.74) is 2.34. The van der Waals surface area contributed by atoms with E-state index in [9.17, 15) is 4.79 Å². The molecular weight excluding hydrogens is 304 g/mol. The molecule has 21 heavy (non-hydrogen) atoms. The average Bonchev–Trinajstić information content (AvgIpc) is 3.12. The van der Waals surface area contributed by atoms with Crippen LogP contribution in [-0.2, 0) is 28.9 Å². The lowest BCUT2D eigenvalue weighted by atomic mass is 10.2. The topological polar surface area (TPSA) is 51.2 Å². The number of ether oxygens (including phenoxy) is 1. The lowest BCUT2D eigenvalue weighted by Gasteiger charge is -2.03. The predicted octanol–water partition coefficient (Wildman–Crippen LogP) is 3.87. The van der Waals surface area contributed by atoms with Crippen LogP contribution in [0.2, 0.25) is 0 Å². The Morgan fingerprint density at radius 2 is 2.24 bits per heavy atom. The summed E-state index contributed by atoms with van der Waals surface area (Å²) in [7, 11) is 0. The third-order valence-electron chi connectivity index (χ3n) is 3.06. The molecule has 2 rings (SSSR count). The van der Waals surface area contributed by atoms with Gasteiger partial charge in [0.2, 0.25) is 0 Å². The van der Waals surface area contributed by atoms with Crippen LogP contribution in [0.4, 0.5) is 5.13 Å². The molecule has 0 aliphatic heterocycles. The van der Waals surface area contributed by atoms with E-state index in [0.29, 0.717) is 19.4 Å². The lowest BCUT2D eigenvalue weighted by molar-refractivity contribution is -0.143. The third-order valence-corrected chi connectivity index (χ3v) is 4.87. The van der Waals surface area contributed by atoms with Crippen molar-refractivity contribution in [3.8, 4) is 0 Å². The fourth-order valence-electron chi connectivity index (χ4n) is 1.96. The van der Waals surface area contributed by atoms with Crippen LogP contribution < -0.4 is 5.32 Å². The number of carbonyl (C=O) groups excluding carboxylic acids is 1. The number of anilines is 1. The van der Waals surface area contributed by atoms with E-state index in [2.05, 4.69) is 28.7 Å². The molecule has 114 valence electrons. The van der Waals surface area contributed by atoms with Crippen LogP contribution in [0.3, 0.4) is 0 Å². The molecule has 0 saturated carbocycles. The van der Waals surface area contributed by atoms with Gasteiger partial charge in [-0.15, -0.1) is 22.7 Å². The number of hydrogen-bond donors (Lipinski definition) is 1. The van der Waals surface area contributed by atoms with Gasteiger partial charge in [0, 0.05) is 16.7 Å². The summed E-state index contributed by atoms with van der Waals surface area (Å²) in [6.45, 7) is 5.23. The number of thiazole rings is 1. The largest absolute Gasteiger partial charge is 0.466 e. The summed E-state index contributed by atoms with van der Waals surface area (Å²) in [4.78, 5) is 17.2. The summed E-state index contributed by atoms with van der Waals surface area (Å²) in [5.74, 6) is -0.161. The zero-order chi connectivity index (χ0) is 15.1. The smallest absolute Gasteiger partial charge is 0.306 e. The first-order chi connectivity index (χ1) is 10.2.